The molecule has 0 saturated heterocycles. The van der Waals surface area contributed by atoms with E-state index in [4.69, 9.17) is 11.6 Å². The fourth-order valence-electron chi connectivity index (χ4n) is 1.47. The Balaban J connectivity index is 2.91. The lowest BCUT2D eigenvalue weighted by Crippen LogP contribution is -2.36. The highest BCUT2D eigenvalue weighted by Gasteiger charge is 2.32. The molecule has 1 heterocycles. The van der Waals surface area contributed by atoms with Gasteiger partial charge < -0.3 is 10.2 Å². The number of alkyl halides is 3. The molecule has 0 fully saturated rings. The van der Waals surface area contributed by atoms with Crippen molar-refractivity contribution in [3.8, 4) is 0 Å². The molecule has 0 aliphatic rings. The fraction of sp³-hybridized carbons (Fsp3) is 0.500. The molecular formula is C12H15ClF3N3O. The molecule has 1 aromatic heterocycles. The van der Waals surface area contributed by atoms with Crippen molar-refractivity contribution >= 4 is 23.3 Å². The monoisotopic (exact) mass is 309 g/mol. The average molecular weight is 310 g/mol. The highest BCUT2D eigenvalue weighted by atomic mass is 35.5. The lowest BCUT2D eigenvalue weighted by molar-refractivity contribution is -0.138. The van der Waals surface area contributed by atoms with Crippen molar-refractivity contribution in [3.05, 3.63) is 22.8 Å². The summed E-state index contributed by atoms with van der Waals surface area (Å²) in [6, 6.07) is 3.00. The van der Waals surface area contributed by atoms with Crippen LogP contribution in [0.5, 0.6) is 0 Å². The number of carbonyl (C=O) groups is 1. The third-order valence-electron chi connectivity index (χ3n) is 2.37. The van der Waals surface area contributed by atoms with E-state index < -0.39 is 18.6 Å². The van der Waals surface area contributed by atoms with E-state index in [0.29, 0.717) is 17.3 Å². The zero-order valence-electron chi connectivity index (χ0n) is 11.1. The van der Waals surface area contributed by atoms with Crippen LogP contribution < -0.4 is 5.32 Å². The van der Waals surface area contributed by atoms with Crippen LogP contribution in [0.25, 0.3) is 0 Å². The number of hydrogen-bond donors (Lipinski definition) is 1. The van der Waals surface area contributed by atoms with Crippen molar-refractivity contribution in [3.63, 3.8) is 0 Å². The molecule has 20 heavy (non-hydrogen) atoms. The lowest BCUT2D eigenvalue weighted by Gasteiger charge is -2.19. The van der Waals surface area contributed by atoms with Gasteiger partial charge in [0.2, 0.25) is 0 Å². The summed E-state index contributed by atoms with van der Waals surface area (Å²) in [6.07, 6.45) is -3.61. The first-order chi connectivity index (χ1) is 9.24. The minimum absolute atomic E-state index is 0.0195. The zero-order valence-corrected chi connectivity index (χ0v) is 11.8. The molecule has 0 radical (unpaired) electrons. The first-order valence-electron chi connectivity index (χ1n) is 5.97. The highest BCUT2D eigenvalue weighted by molar-refractivity contribution is 6.33. The number of aromatic nitrogens is 1. The quantitative estimate of drug-likeness (QED) is 0.908. The zero-order chi connectivity index (χ0) is 15.3. The average Bonchev–Trinajstić information content (AvgIpc) is 2.35. The molecule has 1 aromatic rings. The normalized spacial score (nSPS) is 11.3. The Hall–Kier alpha value is -1.50. The molecule has 0 aliphatic carbocycles. The van der Waals surface area contributed by atoms with Crippen molar-refractivity contribution in [1.82, 2.24) is 9.88 Å². The predicted octanol–water partition coefficient (Wildman–Crippen LogP) is 3.19. The van der Waals surface area contributed by atoms with E-state index in [1.165, 1.54) is 6.07 Å². The van der Waals surface area contributed by atoms with E-state index >= 15 is 0 Å². The van der Waals surface area contributed by atoms with Crippen LogP contribution >= 0.6 is 11.6 Å². The van der Waals surface area contributed by atoms with E-state index in [9.17, 15) is 18.0 Å². The van der Waals surface area contributed by atoms with E-state index in [-0.39, 0.29) is 10.7 Å². The number of carbonyl (C=O) groups excluding carboxylic acids is 1. The van der Waals surface area contributed by atoms with Crippen LogP contribution in [-0.2, 0) is 0 Å². The van der Waals surface area contributed by atoms with Crippen molar-refractivity contribution in [2.24, 2.45) is 0 Å². The second-order valence-electron chi connectivity index (χ2n) is 4.23. The number of pyridine rings is 1. The summed E-state index contributed by atoms with van der Waals surface area (Å²) < 4.78 is 36.8. The molecule has 0 unspecified atom stereocenters. The molecule has 0 spiro atoms. The number of nitrogens with one attached hydrogen (secondary N) is 1. The van der Waals surface area contributed by atoms with Crippen molar-refractivity contribution in [1.29, 1.82) is 0 Å². The number of hydrogen-bond acceptors (Lipinski definition) is 3. The summed E-state index contributed by atoms with van der Waals surface area (Å²) >= 11 is 5.82. The molecule has 0 aliphatic heterocycles. The Morgan fingerprint density at radius 3 is 2.65 bits per heavy atom. The molecule has 0 saturated carbocycles. The van der Waals surface area contributed by atoms with Crippen LogP contribution in [-0.4, -0.2) is 42.1 Å². The largest absolute Gasteiger partial charge is 0.406 e. The van der Waals surface area contributed by atoms with Gasteiger partial charge in [-0.1, -0.05) is 18.5 Å². The van der Waals surface area contributed by atoms with Crippen LogP contribution in [0.3, 0.4) is 0 Å². The summed E-state index contributed by atoms with van der Waals surface area (Å²) in [5, 5.41) is 2.96. The third kappa shape index (κ3) is 4.88. The molecule has 4 nitrogen and oxygen atoms in total. The van der Waals surface area contributed by atoms with E-state index in [1.807, 2.05) is 6.92 Å². The van der Waals surface area contributed by atoms with Crippen LogP contribution in [0, 0.1) is 0 Å². The van der Waals surface area contributed by atoms with Gasteiger partial charge in [-0.25, -0.2) is 4.98 Å². The van der Waals surface area contributed by atoms with Crippen molar-refractivity contribution in [2.75, 3.05) is 25.5 Å². The molecule has 0 aromatic carbocycles. The second-order valence-corrected chi connectivity index (χ2v) is 4.64. The SMILES string of the molecule is CCCNc1ccc(Cl)c(C(=O)N(C)CC(F)(F)F)n1. The van der Waals surface area contributed by atoms with E-state index in [1.54, 1.807) is 6.07 Å². The third-order valence-corrected chi connectivity index (χ3v) is 2.67. The minimum Gasteiger partial charge on any atom is -0.370 e. The van der Waals surface area contributed by atoms with Gasteiger partial charge in [0.1, 0.15) is 18.1 Å². The minimum atomic E-state index is -4.46. The Kier molecular flexibility index (Phi) is 5.62. The predicted molar refractivity (Wildman–Crippen MR) is 71.0 cm³/mol. The number of halogens is 4. The van der Waals surface area contributed by atoms with Gasteiger partial charge in [0.05, 0.1) is 5.02 Å². The van der Waals surface area contributed by atoms with E-state index in [2.05, 4.69) is 10.3 Å². The number of rotatable bonds is 5. The van der Waals surface area contributed by atoms with Gasteiger partial charge in [-0.2, -0.15) is 13.2 Å². The molecule has 112 valence electrons. The summed E-state index contributed by atoms with van der Waals surface area (Å²) in [7, 11) is 1.06. The molecule has 1 N–H and O–H groups in total. The number of amides is 1. The van der Waals surface area contributed by atoms with Gasteiger partial charge in [-0.3, -0.25) is 4.79 Å². The Bertz CT molecular complexity index is 480. The van der Waals surface area contributed by atoms with E-state index in [0.717, 1.165) is 13.5 Å². The highest BCUT2D eigenvalue weighted by Crippen LogP contribution is 2.21. The van der Waals surface area contributed by atoms with Crippen molar-refractivity contribution < 1.29 is 18.0 Å². The summed E-state index contributed by atoms with van der Waals surface area (Å²) in [5.41, 5.74) is -0.195. The Morgan fingerprint density at radius 2 is 2.10 bits per heavy atom. The number of anilines is 1. The summed E-state index contributed by atoms with van der Waals surface area (Å²) in [6.45, 7) is 1.24. The number of nitrogens with zero attached hydrogens (tertiary/aromatic N) is 2. The van der Waals surface area contributed by atoms with Crippen LogP contribution in [0.4, 0.5) is 19.0 Å². The maximum Gasteiger partial charge on any atom is 0.406 e. The topological polar surface area (TPSA) is 45.2 Å². The van der Waals surface area contributed by atoms with Gasteiger partial charge in [-0.15, -0.1) is 0 Å². The molecule has 1 rings (SSSR count). The Labute approximate surface area is 119 Å². The first kappa shape index (κ1) is 16.6. The second kappa shape index (κ2) is 6.78. The lowest BCUT2D eigenvalue weighted by atomic mass is 10.3. The summed E-state index contributed by atoms with van der Waals surface area (Å²) in [5.74, 6) is -0.465. The maximum atomic E-state index is 12.3. The van der Waals surface area contributed by atoms with Crippen LogP contribution in [0.2, 0.25) is 5.02 Å². The molecular weight excluding hydrogens is 295 g/mol. The van der Waals surface area contributed by atoms with Crippen LogP contribution in [0.15, 0.2) is 12.1 Å². The maximum absolute atomic E-state index is 12.3. The summed E-state index contributed by atoms with van der Waals surface area (Å²) in [4.78, 5) is 16.4. The van der Waals surface area contributed by atoms with Crippen LogP contribution in [0.1, 0.15) is 23.8 Å². The van der Waals surface area contributed by atoms with Crippen molar-refractivity contribution in [2.45, 2.75) is 19.5 Å². The molecule has 8 heteroatoms. The van der Waals surface area contributed by atoms with Gasteiger partial charge >= 0.3 is 6.18 Å². The fourth-order valence-corrected chi connectivity index (χ4v) is 1.65. The van der Waals surface area contributed by atoms with Gasteiger partial charge in [-0.05, 0) is 18.6 Å². The Morgan fingerprint density at radius 1 is 1.45 bits per heavy atom. The smallest absolute Gasteiger partial charge is 0.370 e. The standard InChI is InChI=1S/C12H15ClF3N3O/c1-3-6-17-9-5-4-8(13)10(18-9)11(20)19(2)7-12(14,15)16/h4-5H,3,6-7H2,1-2H3,(H,17,18). The van der Waals surface area contributed by atoms with Gasteiger partial charge in [0, 0.05) is 13.6 Å². The molecule has 1 amide bonds. The first-order valence-corrected chi connectivity index (χ1v) is 6.35. The van der Waals surface area contributed by atoms with Gasteiger partial charge in [0.15, 0.2) is 0 Å². The van der Waals surface area contributed by atoms with Gasteiger partial charge in [0.25, 0.3) is 5.91 Å². The molecule has 0 bridgehead atoms. The molecule has 0 atom stereocenters.